The number of imidazole rings is 1. The number of fused-ring (bicyclic) bond motifs is 1. The number of aryl methyl sites for hydroxylation is 1. The molecule has 2 heterocycles. The number of nitrogens with zero attached hydrogens (tertiary/aromatic N) is 3. The van der Waals surface area contributed by atoms with Crippen LogP contribution in [-0.4, -0.2) is 64.7 Å². The minimum absolute atomic E-state index is 0.213. The van der Waals surface area contributed by atoms with Crippen LogP contribution in [0.4, 0.5) is 0 Å². The summed E-state index contributed by atoms with van der Waals surface area (Å²) < 4.78 is 0. The molecule has 3 rings (SSSR count). The van der Waals surface area contributed by atoms with E-state index in [4.69, 9.17) is 0 Å². The van der Waals surface area contributed by atoms with Gasteiger partial charge in [-0.05, 0) is 51.6 Å². The maximum atomic E-state index is 12.6. The van der Waals surface area contributed by atoms with Crippen molar-refractivity contribution < 1.29 is 4.79 Å². The molecule has 2 aromatic rings. The first-order chi connectivity index (χ1) is 11.5. The Morgan fingerprint density at radius 1 is 1.42 bits per heavy atom. The number of H-pyrrole nitrogens is 1. The predicted octanol–water partition coefficient (Wildman–Crippen LogP) is 2.91. The largest absolute Gasteiger partial charge is 0.340 e. The summed E-state index contributed by atoms with van der Waals surface area (Å²) in [5.41, 5.74) is 3.20. The van der Waals surface area contributed by atoms with Crippen LogP contribution in [0.25, 0.3) is 11.0 Å². The fraction of sp³-hybridized carbons (Fsp3) is 0.556. The average molecular weight is 347 g/mol. The number of aromatic nitrogens is 2. The molecule has 1 saturated heterocycles. The molecular formula is C18H26N4OS. The van der Waals surface area contributed by atoms with E-state index >= 15 is 0 Å². The lowest BCUT2D eigenvalue weighted by Crippen LogP contribution is -2.42. The second-order valence-electron chi connectivity index (χ2n) is 6.80. The molecular weight excluding hydrogens is 320 g/mol. The Balaban J connectivity index is 1.61. The van der Waals surface area contributed by atoms with Gasteiger partial charge in [-0.2, -0.15) is 0 Å². The van der Waals surface area contributed by atoms with E-state index in [2.05, 4.69) is 48.0 Å². The third-order valence-electron chi connectivity index (χ3n) is 4.68. The fourth-order valence-corrected chi connectivity index (χ4v) is 3.95. The van der Waals surface area contributed by atoms with E-state index in [0.717, 1.165) is 35.7 Å². The number of rotatable bonds is 4. The summed E-state index contributed by atoms with van der Waals surface area (Å²) in [5.74, 6) is 0.657. The van der Waals surface area contributed by atoms with Gasteiger partial charge in [-0.3, -0.25) is 4.79 Å². The molecule has 0 aliphatic carbocycles. The Morgan fingerprint density at radius 2 is 2.25 bits per heavy atom. The van der Waals surface area contributed by atoms with E-state index in [1.165, 1.54) is 30.2 Å². The number of likely N-dealkylation sites (tertiary alicyclic amines) is 1. The molecule has 1 N–H and O–H groups in total. The van der Waals surface area contributed by atoms with Gasteiger partial charge in [0.25, 0.3) is 0 Å². The van der Waals surface area contributed by atoms with Crippen LogP contribution in [0.3, 0.4) is 0 Å². The van der Waals surface area contributed by atoms with Crippen LogP contribution in [-0.2, 0) is 4.79 Å². The van der Waals surface area contributed by atoms with E-state index in [1.54, 1.807) is 0 Å². The van der Waals surface area contributed by atoms with Gasteiger partial charge >= 0.3 is 0 Å². The van der Waals surface area contributed by atoms with Crippen LogP contribution in [0.1, 0.15) is 24.8 Å². The lowest BCUT2D eigenvalue weighted by molar-refractivity contribution is -0.128. The molecule has 6 heteroatoms. The fourth-order valence-electron chi connectivity index (χ4n) is 3.16. The molecule has 1 fully saturated rings. The van der Waals surface area contributed by atoms with Gasteiger partial charge in [-0.25, -0.2) is 4.98 Å². The van der Waals surface area contributed by atoms with Gasteiger partial charge < -0.3 is 14.8 Å². The number of likely N-dealkylation sites (N-methyl/N-ethyl adjacent to an activating group) is 1. The number of aromatic amines is 1. The summed E-state index contributed by atoms with van der Waals surface area (Å²) in [5, 5.41) is 0.822. The number of nitrogens with one attached hydrogen (secondary N) is 1. The Kier molecular flexibility index (Phi) is 5.46. The van der Waals surface area contributed by atoms with Crippen molar-refractivity contribution in [2.75, 3.05) is 32.9 Å². The molecule has 5 nitrogen and oxygen atoms in total. The minimum Gasteiger partial charge on any atom is -0.340 e. The lowest BCUT2D eigenvalue weighted by Gasteiger charge is -2.28. The van der Waals surface area contributed by atoms with Gasteiger partial charge in [0.15, 0.2) is 5.16 Å². The van der Waals surface area contributed by atoms with E-state index < -0.39 is 0 Å². The number of thioether (sulfide) groups is 1. The SMILES string of the molecule is Cc1ccc2nc(SCC(=O)N3CCCC[C@H](N(C)C)C3)[nH]c2c1. The molecule has 1 aliphatic rings. The van der Waals surface area contributed by atoms with Crippen LogP contribution in [0.5, 0.6) is 0 Å². The van der Waals surface area contributed by atoms with E-state index in [9.17, 15) is 4.79 Å². The van der Waals surface area contributed by atoms with Gasteiger partial charge in [-0.1, -0.05) is 24.2 Å². The van der Waals surface area contributed by atoms with Crippen molar-refractivity contribution in [1.29, 1.82) is 0 Å². The van der Waals surface area contributed by atoms with E-state index in [0.29, 0.717) is 11.8 Å². The monoisotopic (exact) mass is 346 g/mol. The number of hydrogen-bond donors (Lipinski definition) is 1. The highest BCUT2D eigenvalue weighted by Crippen LogP contribution is 2.21. The Morgan fingerprint density at radius 3 is 3.04 bits per heavy atom. The lowest BCUT2D eigenvalue weighted by atomic mass is 10.1. The number of hydrogen-bond acceptors (Lipinski definition) is 4. The van der Waals surface area contributed by atoms with Gasteiger partial charge in [0.05, 0.1) is 16.8 Å². The first kappa shape index (κ1) is 17.3. The first-order valence-electron chi connectivity index (χ1n) is 8.56. The minimum atomic E-state index is 0.213. The van der Waals surface area contributed by atoms with Crippen molar-refractivity contribution in [3.05, 3.63) is 23.8 Å². The molecule has 1 aromatic heterocycles. The highest BCUT2D eigenvalue weighted by Gasteiger charge is 2.23. The molecule has 0 radical (unpaired) electrons. The predicted molar refractivity (Wildman–Crippen MR) is 99.5 cm³/mol. The zero-order valence-electron chi connectivity index (χ0n) is 14.7. The quantitative estimate of drug-likeness (QED) is 0.865. The summed E-state index contributed by atoms with van der Waals surface area (Å²) in [6.45, 7) is 3.78. The highest BCUT2D eigenvalue weighted by molar-refractivity contribution is 7.99. The third-order valence-corrected chi connectivity index (χ3v) is 5.54. The van der Waals surface area contributed by atoms with Gasteiger partial charge in [0.1, 0.15) is 0 Å². The van der Waals surface area contributed by atoms with Crippen LogP contribution in [0.2, 0.25) is 0 Å². The molecule has 0 spiro atoms. The maximum absolute atomic E-state index is 12.6. The zero-order valence-corrected chi connectivity index (χ0v) is 15.5. The van der Waals surface area contributed by atoms with Crippen molar-refractivity contribution in [2.45, 2.75) is 37.4 Å². The molecule has 1 amide bonds. The van der Waals surface area contributed by atoms with Gasteiger partial charge in [0, 0.05) is 19.1 Å². The van der Waals surface area contributed by atoms with Gasteiger partial charge in [0.2, 0.25) is 5.91 Å². The van der Waals surface area contributed by atoms with Crippen molar-refractivity contribution in [3.63, 3.8) is 0 Å². The normalized spacial score (nSPS) is 19.0. The summed E-state index contributed by atoms with van der Waals surface area (Å²) in [4.78, 5) is 24.7. The van der Waals surface area contributed by atoms with Crippen LogP contribution < -0.4 is 0 Å². The number of benzene rings is 1. The molecule has 24 heavy (non-hydrogen) atoms. The molecule has 1 atom stereocenters. The van der Waals surface area contributed by atoms with Crippen molar-refractivity contribution in [3.8, 4) is 0 Å². The molecule has 1 aliphatic heterocycles. The Hall–Kier alpha value is -1.53. The van der Waals surface area contributed by atoms with Crippen molar-refractivity contribution in [1.82, 2.24) is 19.8 Å². The van der Waals surface area contributed by atoms with E-state index in [-0.39, 0.29) is 5.91 Å². The maximum Gasteiger partial charge on any atom is 0.233 e. The number of carbonyl (C=O) groups is 1. The first-order valence-corrected chi connectivity index (χ1v) is 9.55. The Labute approximate surface area is 147 Å². The Bertz CT molecular complexity index is 712. The van der Waals surface area contributed by atoms with Crippen LogP contribution >= 0.6 is 11.8 Å². The molecule has 0 saturated carbocycles. The van der Waals surface area contributed by atoms with Gasteiger partial charge in [-0.15, -0.1) is 0 Å². The standard InChI is InChI=1S/C18H26N4OS/c1-13-7-8-15-16(10-13)20-18(19-15)24-12-17(23)22-9-5-4-6-14(11-22)21(2)3/h7-8,10,14H,4-6,9,11-12H2,1-3H3,(H,19,20)/t14-/m0/s1. The summed E-state index contributed by atoms with van der Waals surface area (Å²) in [7, 11) is 4.20. The molecule has 0 bridgehead atoms. The molecule has 1 aromatic carbocycles. The molecule has 0 unspecified atom stereocenters. The van der Waals surface area contributed by atoms with Crippen molar-refractivity contribution >= 4 is 28.7 Å². The topological polar surface area (TPSA) is 52.2 Å². The summed E-state index contributed by atoms with van der Waals surface area (Å²) in [6.07, 6.45) is 3.47. The number of amides is 1. The van der Waals surface area contributed by atoms with Crippen LogP contribution in [0.15, 0.2) is 23.4 Å². The van der Waals surface area contributed by atoms with Crippen LogP contribution in [0, 0.1) is 6.92 Å². The summed E-state index contributed by atoms with van der Waals surface area (Å²) in [6, 6.07) is 6.63. The highest BCUT2D eigenvalue weighted by atomic mass is 32.2. The van der Waals surface area contributed by atoms with Crippen molar-refractivity contribution in [2.24, 2.45) is 0 Å². The second kappa shape index (κ2) is 7.57. The summed E-state index contributed by atoms with van der Waals surface area (Å²) >= 11 is 1.50. The van der Waals surface area contributed by atoms with E-state index in [1.807, 2.05) is 11.0 Å². The molecule has 130 valence electrons. The smallest absolute Gasteiger partial charge is 0.233 e. The second-order valence-corrected chi connectivity index (χ2v) is 7.77. The average Bonchev–Trinajstić information content (AvgIpc) is 2.78. The zero-order chi connectivity index (χ0) is 17.1. The number of carbonyl (C=O) groups excluding carboxylic acids is 1. The third kappa shape index (κ3) is 4.11.